The first-order chi connectivity index (χ1) is 14.0. The zero-order chi connectivity index (χ0) is 20.2. The van der Waals surface area contributed by atoms with Crippen LogP contribution in [0.2, 0.25) is 0 Å². The smallest absolute Gasteiger partial charge is 0.316 e. The lowest BCUT2D eigenvalue weighted by atomic mass is 9.63. The first kappa shape index (κ1) is 17.7. The Bertz CT molecular complexity index is 1140. The van der Waals surface area contributed by atoms with Crippen molar-refractivity contribution >= 4 is 22.9 Å². The van der Waals surface area contributed by atoms with E-state index >= 15 is 0 Å². The number of amides is 1. The number of aromatic nitrogens is 2. The summed E-state index contributed by atoms with van der Waals surface area (Å²) in [4.78, 5) is 35.2. The average molecular weight is 391 g/mol. The molecule has 1 aromatic heterocycles. The Morgan fingerprint density at radius 3 is 2.97 bits per heavy atom. The van der Waals surface area contributed by atoms with Gasteiger partial charge in [0.1, 0.15) is 5.75 Å². The first-order valence-corrected chi connectivity index (χ1v) is 9.67. The molecule has 1 fully saturated rings. The predicted molar refractivity (Wildman–Crippen MR) is 106 cm³/mol. The van der Waals surface area contributed by atoms with Crippen LogP contribution < -0.4 is 0 Å². The van der Waals surface area contributed by atoms with Crippen molar-refractivity contribution in [2.24, 2.45) is 0 Å². The maximum absolute atomic E-state index is 13.3. The number of phenolic OH excluding ortho intramolecular Hbond substituents is 1. The van der Waals surface area contributed by atoms with Gasteiger partial charge >= 0.3 is 5.97 Å². The summed E-state index contributed by atoms with van der Waals surface area (Å²) in [6.45, 7) is 0.453. The highest BCUT2D eigenvalue weighted by atomic mass is 16.5. The second kappa shape index (κ2) is 6.34. The normalized spacial score (nSPS) is 22.9. The van der Waals surface area contributed by atoms with E-state index in [1.54, 1.807) is 24.5 Å². The lowest BCUT2D eigenvalue weighted by molar-refractivity contribution is -0.151. The molecule has 1 amide bonds. The highest BCUT2D eigenvalue weighted by Gasteiger charge is 2.52. The Hall–Kier alpha value is -3.35. The lowest BCUT2D eigenvalue weighted by Gasteiger charge is -2.49. The number of fused-ring (bicyclic) bond motifs is 5. The van der Waals surface area contributed by atoms with Crippen LogP contribution in [0.15, 0.2) is 42.7 Å². The topological polar surface area (TPSA) is 95.5 Å². The van der Waals surface area contributed by atoms with E-state index in [0.29, 0.717) is 31.4 Å². The largest absolute Gasteiger partial charge is 0.508 e. The van der Waals surface area contributed by atoms with E-state index in [1.165, 1.54) is 7.11 Å². The molecule has 7 nitrogen and oxygen atoms in total. The molecule has 3 aromatic rings. The highest BCUT2D eigenvalue weighted by Crippen LogP contribution is 2.47. The summed E-state index contributed by atoms with van der Waals surface area (Å²) in [6, 6.07) is 10.5. The minimum Gasteiger partial charge on any atom is -0.508 e. The number of carbonyl (C=O) groups excluding carboxylic acids is 2. The summed E-state index contributed by atoms with van der Waals surface area (Å²) in [5, 5.41) is 9.99. The molecule has 2 aliphatic rings. The summed E-state index contributed by atoms with van der Waals surface area (Å²) < 4.78 is 5.15. The van der Waals surface area contributed by atoms with Gasteiger partial charge < -0.3 is 19.7 Å². The van der Waals surface area contributed by atoms with E-state index in [1.807, 2.05) is 23.1 Å². The highest BCUT2D eigenvalue weighted by molar-refractivity contribution is 5.98. The number of benzene rings is 2. The average Bonchev–Trinajstić information content (AvgIpc) is 3.21. The van der Waals surface area contributed by atoms with E-state index < -0.39 is 5.41 Å². The molecular formula is C22H21N3O4. The number of nitrogens with zero attached hydrogens (tertiary/aromatic N) is 2. The number of esters is 1. The second-order valence-corrected chi connectivity index (χ2v) is 7.86. The maximum Gasteiger partial charge on any atom is 0.316 e. The first-order valence-electron chi connectivity index (χ1n) is 9.67. The third kappa shape index (κ3) is 2.61. The van der Waals surface area contributed by atoms with Gasteiger partial charge in [-0.15, -0.1) is 0 Å². The lowest BCUT2D eigenvalue weighted by Crippen LogP contribution is -2.58. The number of ether oxygens (including phenoxy) is 1. The van der Waals surface area contributed by atoms with Crippen molar-refractivity contribution in [3.63, 3.8) is 0 Å². The summed E-state index contributed by atoms with van der Waals surface area (Å²) in [5.41, 5.74) is 3.22. The number of aromatic hydroxyl groups is 1. The molecule has 5 rings (SSSR count). The second-order valence-electron chi connectivity index (χ2n) is 7.86. The molecule has 0 saturated carbocycles. The zero-order valence-electron chi connectivity index (χ0n) is 16.0. The van der Waals surface area contributed by atoms with E-state index in [-0.39, 0.29) is 23.7 Å². The molecule has 2 unspecified atom stereocenters. The number of phenols is 1. The standard InChI is InChI=1S/C22H21N3O4/c1-29-21(28)22-6-7-25(15(11-22)8-13-2-4-16(26)10-17(13)22)20(27)14-3-5-18-19(9-14)24-12-23-18/h2-5,9-10,12,15,26H,6-8,11H2,1H3,(H,23,24). The van der Waals surface area contributed by atoms with Crippen molar-refractivity contribution in [3.05, 3.63) is 59.4 Å². The fourth-order valence-corrected chi connectivity index (χ4v) is 4.97. The number of H-pyrrole nitrogens is 1. The predicted octanol–water partition coefficient (Wildman–Crippen LogP) is 2.54. The Kier molecular flexibility index (Phi) is 3.87. The molecule has 0 radical (unpaired) electrons. The molecule has 2 bridgehead atoms. The van der Waals surface area contributed by atoms with Gasteiger partial charge in [-0.2, -0.15) is 0 Å². The number of hydrogen-bond acceptors (Lipinski definition) is 5. The number of piperidine rings is 1. The third-order valence-electron chi connectivity index (χ3n) is 6.37. The third-order valence-corrected chi connectivity index (χ3v) is 6.37. The molecule has 1 aliphatic carbocycles. The fraction of sp³-hybridized carbons (Fsp3) is 0.318. The molecular weight excluding hydrogens is 370 g/mol. The molecule has 2 heterocycles. The molecule has 1 aliphatic heterocycles. The van der Waals surface area contributed by atoms with Gasteiger partial charge in [0, 0.05) is 18.2 Å². The summed E-state index contributed by atoms with van der Waals surface area (Å²) in [5.74, 6) is -0.218. The number of nitrogens with one attached hydrogen (secondary N) is 1. The summed E-state index contributed by atoms with van der Waals surface area (Å²) in [7, 11) is 1.39. The zero-order valence-corrected chi connectivity index (χ0v) is 16.0. The Labute approximate surface area is 167 Å². The van der Waals surface area contributed by atoms with Crippen molar-refractivity contribution in [3.8, 4) is 5.75 Å². The molecule has 2 aromatic carbocycles. The van der Waals surface area contributed by atoms with Gasteiger partial charge in [0.05, 0.1) is 29.9 Å². The summed E-state index contributed by atoms with van der Waals surface area (Å²) in [6.07, 6.45) is 3.21. The van der Waals surface area contributed by atoms with E-state index in [4.69, 9.17) is 4.74 Å². The van der Waals surface area contributed by atoms with Crippen LogP contribution in [0.4, 0.5) is 0 Å². The molecule has 2 atom stereocenters. The molecule has 7 heteroatoms. The maximum atomic E-state index is 13.3. The van der Waals surface area contributed by atoms with Crippen LogP contribution in [-0.4, -0.2) is 51.5 Å². The van der Waals surface area contributed by atoms with Crippen LogP contribution >= 0.6 is 0 Å². The molecule has 1 saturated heterocycles. The van der Waals surface area contributed by atoms with E-state index in [9.17, 15) is 14.7 Å². The van der Waals surface area contributed by atoms with Gasteiger partial charge in [-0.05, 0) is 60.7 Å². The summed E-state index contributed by atoms with van der Waals surface area (Å²) >= 11 is 0. The monoisotopic (exact) mass is 391 g/mol. The fourth-order valence-electron chi connectivity index (χ4n) is 4.97. The van der Waals surface area contributed by atoms with Gasteiger partial charge in [-0.1, -0.05) is 6.07 Å². The number of rotatable bonds is 2. The van der Waals surface area contributed by atoms with Gasteiger partial charge in [-0.25, -0.2) is 4.98 Å². The number of aromatic amines is 1. The van der Waals surface area contributed by atoms with Crippen LogP contribution in [0.5, 0.6) is 5.75 Å². The van der Waals surface area contributed by atoms with Gasteiger partial charge in [0.25, 0.3) is 5.91 Å². The molecule has 0 spiro atoms. The van der Waals surface area contributed by atoms with Crippen LogP contribution in [0, 0.1) is 0 Å². The van der Waals surface area contributed by atoms with Gasteiger partial charge in [-0.3, -0.25) is 9.59 Å². The number of likely N-dealkylation sites (tertiary alicyclic amines) is 1. The van der Waals surface area contributed by atoms with Crippen LogP contribution in [0.3, 0.4) is 0 Å². The van der Waals surface area contributed by atoms with E-state index in [2.05, 4.69) is 9.97 Å². The molecule has 29 heavy (non-hydrogen) atoms. The Morgan fingerprint density at radius 1 is 1.28 bits per heavy atom. The SMILES string of the molecule is COC(=O)C12CCN(C(=O)c3ccc4nc[nH]c4c3)C(Cc3ccc(O)cc31)C2. The van der Waals surface area contributed by atoms with Crippen molar-refractivity contribution in [2.75, 3.05) is 13.7 Å². The van der Waals surface area contributed by atoms with Crippen molar-refractivity contribution in [1.82, 2.24) is 14.9 Å². The van der Waals surface area contributed by atoms with E-state index in [0.717, 1.165) is 22.2 Å². The van der Waals surface area contributed by atoms with Crippen LogP contribution in [0.25, 0.3) is 11.0 Å². The van der Waals surface area contributed by atoms with Crippen molar-refractivity contribution < 1.29 is 19.4 Å². The molecule has 2 N–H and O–H groups in total. The van der Waals surface area contributed by atoms with Crippen molar-refractivity contribution in [1.29, 1.82) is 0 Å². The Balaban J connectivity index is 1.53. The molecule has 148 valence electrons. The van der Waals surface area contributed by atoms with Crippen LogP contribution in [-0.2, 0) is 21.4 Å². The van der Waals surface area contributed by atoms with Crippen LogP contribution in [0.1, 0.15) is 34.3 Å². The van der Waals surface area contributed by atoms with Gasteiger partial charge in [0.15, 0.2) is 0 Å². The quantitative estimate of drug-likeness (QED) is 0.655. The number of imidazole rings is 1. The Morgan fingerprint density at radius 2 is 2.14 bits per heavy atom. The van der Waals surface area contributed by atoms with Gasteiger partial charge in [0.2, 0.25) is 0 Å². The minimum atomic E-state index is -0.824. The number of methoxy groups -OCH3 is 1. The van der Waals surface area contributed by atoms with Crippen molar-refractivity contribution in [2.45, 2.75) is 30.7 Å². The number of carbonyl (C=O) groups is 2. The minimum absolute atomic E-state index is 0.0489. The number of hydrogen-bond donors (Lipinski definition) is 2.